The van der Waals surface area contributed by atoms with Crippen LogP contribution in [0.2, 0.25) is 0 Å². The zero-order chi connectivity index (χ0) is 30.5. The molecule has 1 unspecified atom stereocenters. The SMILES string of the molecule is CCC(C)(N)c1cnc(O[C@H](C)CC(C)(C)S(C)(=O)=O)c2cnc(Nc3ccc4c(n3)C(C)(C)[C@@H](C)OC4=O)cc12. The fraction of sp³-hybridized carbons (Fsp3) is 0.533. The number of cyclic esters (lactones) is 1. The highest BCUT2D eigenvalue weighted by atomic mass is 32.2. The van der Waals surface area contributed by atoms with Crippen molar-refractivity contribution in [3.05, 3.63) is 47.4 Å². The van der Waals surface area contributed by atoms with Gasteiger partial charge in [-0.05, 0) is 70.2 Å². The molecule has 0 aromatic carbocycles. The number of aromatic nitrogens is 3. The van der Waals surface area contributed by atoms with E-state index in [0.717, 1.165) is 10.9 Å². The van der Waals surface area contributed by atoms with E-state index in [1.165, 1.54) is 6.26 Å². The Morgan fingerprint density at radius 1 is 1.15 bits per heavy atom. The van der Waals surface area contributed by atoms with Gasteiger partial charge in [0.05, 0.1) is 27.5 Å². The molecule has 41 heavy (non-hydrogen) atoms. The lowest BCUT2D eigenvalue weighted by atomic mass is 9.79. The molecule has 0 saturated carbocycles. The predicted molar refractivity (Wildman–Crippen MR) is 160 cm³/mol. The minimum Gasteiger partial charge on any atom is -0.474 e. The van der Waals surface area contributed by atoms with Crippen molar-refractivity contribution in [3.8, 4) is 5.88 Å². The number of nitrogens with two attached hydrogens (primary N) is 1. The van der Waals surface area contributed by atoms with E-state index >= 15 is 0 Å². The molecular formula is C30H41N5O5S. The standard InChI is InChI=1S/C30H41N5O5S/c1-10-30(8,31)22-16-33-26(39-17(2)14-28(4,5)41(9,37)38)21-15-32-24(13-20(21)22)34-23-12-11-19-25(35-23)29(6,7)18(3)40-27(19)36/h11-13,15-18H,10,14,31H2,1-9H3,(H,32,34,35)/t17-,18-,30?/m1/s1. The third-order valence-electron chi connectivity index (χ3n) is 8.46. The van der Waals surface area contributed by atoms with Crippen LogP contribution in [0.5, 0.6) is 5.88 Å². The van der Waals surface area contributed by atoms with Crippen molar-refractivity contribution in [2.24, 2.45) is 5.73 Å². The van der Waals surface area contributed by atoms with E-state index in [2.05, 4.69) is 15.3 Å². The lowest BCUT2D eigenvalue weighted by Gasteiger charge is -2.36. The number of sulfone groups is 1. The molecule has 4 rings (SSSR count). The maximum atomic E-state index is 12.4. The molecule has 3 atom stereocenters. The Balaban J connectivity index is 1.73. The maximum Gasteiger partial charge on any atom is 0.340 e. The van der Waals surface area contributed by atoms with Crippen LogP contribution in [0, 0.1) is 0 Å². The quantitative estimate of drug-likeness (QED) is 0.323. The number of ether oxygens (including phenoxy) is 2. The van der Waals surface area contributed by atoms with Crippen molar-refractivity contribution in [1.82, 2.24) is 15.0 Å². The van der Waals surface area contributed by atoms with Gasteiger partial charge in [-0.25, -0.2) is 28.2 Å². The van der Waals surface area contributed by atoms with Gasteiger partial charge in [-0.3, -0.25) is 0 Å². The van der Waals surface area contributed by atoms with Gasteiger partial charge in [0.2, 0.25) is 5.88 Å². The average Bonchev–Trinajstić information content (AvgIpc) is 2.86. The molecule has 222 valence electrons. The minimum atomic E-state index is -3.29. The summed E-state index contributed by atoms with van der Waals surface area (Å²) in [7, 11) is -3.29. The summed E-state index contributed by atoms with van der Waals surface area (Å²) in [5, 5.41) is 4.75. The molecule has 0 saturated heterocycles. The largest absolute Gasteiger partial charge is 0.474 e. The van der Waals surface area contributed by atoms with Crippen molar-refractivity contribution in [3.63, 3.8) is 0 Å². The molecule has 10 nitrogen and oxygen atoms in total. The van der Waals surface area contributed by atoms with E-state index in [9.17, 15) is 13.2 Å². The van der Waals surface area contributed by atoms with Crippen molar-refractivity contribution in [2.45, 2.75) is 96.1 Å². The summed E-state index contributed by atoms with van der Waals surface area (Å²) < 4.78 is 35.2. The molecule has 4 heterocycles. The number of fused-ring (bicyclic) bond motifs is 2. The molecular weight excluding hydrogens is 542 g/mol. The summed E-state index contributed by atoms with van der Waals surface area (Å²) in [6.45, 7) is 15.0. The maximum absolute atomic E-state index is 12.4. The fourth-order valence-corrected chi connectivity index (χ4v) is 5.41. The number of esters is 1. The van der Waals surface area contributed by atoms with E-state index in [1.54, 1.807) is 38.4 Å². The van der Waals surface area contributed by atoms with Gasteiger partial charge >= 0.3 is 5.97 Å². The molecule has 3 N–H and O–H groups in total. The zero-order valence-electron chi connectivity index (χ0n) is 25.3. The van der Waals surface area contributed by atoms with Gasteiger partial charge < -0.3 is 20.5 Å². The molecule has 3 aromatic rings. The Hall–Kier alpha value is -3.31. The van der Waals surface area contributed by atoms with Crippen LogP contribution in [0.3, 0.4) is 0 Å². The summed E-state index contributed by atoms with van der Waals surface area (Å²) in [5.41, 5.74) is 7.49. The Morgan fingerprint density at radius 3 is 2.46 bits per heavy atom. The van der Waals surface area contributed by atoms with E-state index < -0.39 is 31.6 Å². The van der Waals surface area contributed by atoms with Crippen LogP contribution in [0.15, 0.2) is 30.6 Å². The topological polar surface area (TPSA) is 146 Å². The van der Waals surface area contributed by atoms with E-state index in [4.69, 9.17) is 20.2 Å². The smallest absolute Gasteiger partial charge is 0.340 e. The minimum absolute atomic E-state index is 0.292. The third-order valence-corrected chi connectivity index (χ3v) is 10.6. The van der Waals surface area contributed by atoms with Gasteiger partial charge in [-0.1, -0.05) is 20.8 Å². The first-order valence-electron chi connectivity index (χ1n) is 13.8. The molecule has 1 aliphatic rings. The molecule has 11 heteroatoms. The van der Waals surface area contributed by atoms with Gasteiger partial charge in [0, 0.05) is 36.0 Å². The second-order valence-corrected chi connectivity index (χ2v) is 15.2. The molecule has 0 radical (unpaired) electrons. The Morgan fingerprint density at radius 2 is 1.83 bits per heavy atom. The zero-order valence-corrected chi connectivity index (χ0v) is 26.1. The van der Waals surface area contributed by atoms with Crippen LogP contribution < -0.4 is 15.8 Å². The van der Waals surface area contributed by atoms with Crippen molar-refractivity contribution in [2.75, 3.05) is 11.6 Å². The van der Waals surface area contributed by atoms with E-state index in [1.807, 2.05) is 47.6 Å². The summed E-state index contributed by atoms with van der Waals surface area (Å²) in [5.74, 6) is 1.05. The first-order valence-corrected chi connectivity index (χ1v) is 15.7. The van der Waals surface area contributed by atoms with Crippen LogP contribution in [-0.4, -0.2) is 52.5 Å². The van der Waals surface area contributed by atoms with Crippen molar-refractivity contribution >= 4 is 38.2 Å². The number of hydrogen-bond acceptors (Lipinski definition) is 10. The highest BCUT2D eigenvalue weighted by molar-refractivity contribution is 7.92. The van der Waals surface area contributed by atoms with Gasteiger partial charge in [0.1, 0.15) is 17.7 Å². The van der Waals surface area contributed by atoms with E-state index in [-0.39, 0.29) is 12.1 Å². The van der Waals surface area contributed by atoms with Gasteiger partial charge in [0.15, 0.2) is 9.84 Å². The molecule has 0 spiro atoms. The average molecular weight is 584 g/mol. The number of carbonyl (C=O) groups excluding carboxylic acids is 1. The third kappa shape index (κ3) is 5.88. The second-order valence-electron chi connectivity index (χ2n) is 12.5. The number of hydrogen-bond donors (Lipinski definition) is 2. The lowest BCUT2D eigenvalue weighted by Crippen LogP contribution is -2.42. The Bertz CT molecular complexity index is 1600. The summed E-state index contributed by atoms with van der Waals surface area (Å²) >= 11 is 0. The number of nitrogens with one attached hydrogen (secondary N) is 1. The van der Waals surface area contributed by atoms with Gasteiger partial charge in [0.25, 0.3) is 0 Å². The van der Waals surface area contributed by atoms with Crippen molar-refractivity contribution < 1.29 is 22.7 Å². The highest BCUT2D eigenvalue weighted by Crippen LogP contribution is 2.38. The number of carbonyl (C=O) groups is 1. The molecule has 1 aliphatic heterocycles. The van der Waals surface area contributed by atoms with Crippen LogP contribution in [0.1, 0.15) is 89.8 Å². The molecule has 0 amide bonds. The second kappa shape index (κ2) is 10.5. The Labute approximate surface area is 242 Å². The Kier molecular flexibility index (Phi) is 7.85. The molecule has 0 fully saturated rings. The predicted octanol–water partition coefficient (Wildman–Crippen LogP) is 5.17. The molecule has 0 aliphatic carbocycles. The number of nitrogens with zero attached hydrogens (tertiary/aromatic N) is 3. The van der Waals surface area contributed by atoms with Crippen LogP contribution >= 0.6 is 0 Å². The molecule has 3 aromatic heterocycles. The summed E-state index contributed by atoms with van der Waals surface area (Å²) in [4.78, 5) is 26.4. The van der Waals surface area contributed by atoms with Gasteiger partial charge in [-0.15, -0.1) is 0 Å². The van der Waals surface area contributed by atoms with Crippen LogP contribution in [-0.2, 0) is 25.5 Å². The number of anilines is 2. The number of rotatable bonds is 9. The van der Waals surface area contributed by atoms with Gasteiger partial charge in [-0.2, -0.15) is 0 Å². The molecule has 0 bridgehead atoms. The van der Waals surface area contributed by atoms with Crippen LogP contribution in [0.4, 0.5) is 11.6 Å². The lowest BCUT2D eigenvalue weighted by molar-refractivity contribution is 0.00864. The first kappa shape index (κ1) is 30.6. The summed E-state index contributed by atoms with van der Waals surface area (Å²) in [6.07, 6.45) is 4.84. The normalized spacial score (nSPS) is 19.2. The monoisotopic (exact) mass is 583 g/mol. The summed E-state index contributed by atoms with van der Waals surface area (Å²) in [6, 6.07) is 5.33. The first-order chi connectivity index (χ1) is 18.9. The number of pyridine rings is 3. The van der Waals surface area contributed by atoms with Crippen LogP contribution in [0.25, 0.3) is 10.8 Å². The fourth-order valence-electron chi connectivity index (χ4n) is 4.87. The van der Waals surface area contributed by atoms with Crippen molar-refractivity contribution in [1.29, 1.82) is 0 Å². The highest BCUT2D eigenvalue weighted by Gasteiger charge is 2.41. The van der Waals surface area contributed by atoms with E-state index in [0.29, 0.717) is 47.0 Å².